The van der Waals surface area contributed by atoms with Crippen molar-refractivity contribution >= 4 is 49.9 Å². The number of rotatable bonds is 6. The highest BCUT2D eigenvalue weighted by atomic mass is 79.9. The lowest BCUT2D eigenvalue weighted by atomic mass is 9.74. The van der Waals surface area contributed by atoms with Crippen LogP contribution in [-0.2, 0) is 0 Å². The number of aromatic hydroxyl groups is 1. The molecule has 2 saturated heterocycles. The first-order chi connectivity index (χ1) is 20.7. The van der Waals surface area contributed by atoms with E-state index in [1.54, 1.807) is 42.7 Å². The monoisotopic (exact) mass is 644 g/mol. The van der Waals surface area contributed by atoms with Crippen molar-refractivity contribution in [3.05, 3.63) is 99.1 Å². The molecule has 220 valence electrons. The topological polar surface area (TPSA) is 126 Å². The number of nitroso groups, excluding NO2 is 1. The fourth-order valence-electron chi connectivity index (χ4n) is 6.76. The maximum absolute atomic E-state index is 14.1. The van der Waals surface area contributed by atoms with Crippen LogP contribution in [0.1, 0.15) is 38.6 Å². The summed E-state index contributed by atoms with van der Waals surface area (Å²) in [6.45, 7) is 1.25. The van der Waals surface area contributed by atoms with Gasteiger partial charge in [0.25, 0.3) is 24.2 Å². The molecule has 2 aliphatic rings. The Hall–Kier alpha value is -4.35. The molecule has 2 atom stereocenters. The first kappa shape index (κ1) is 28.8. The van der Waals surface area contributed by atoms with Gasteiger partial charge in [-0.2, -0.15) is 0 Å². The molecule has 1 aromatic heterocycles. The Labute approximate surface area is 256 Å². The molecule has 0 radical (unpaired) electrons. The van der Waals surface area contributed by atoms with Crippen molar-refractivity contribution in [3.63, 3.8) is 0 Å². The number of halogens is 1. The Morgan fingerprint density at radius 3 is 2.63 bits per heavy atom. The van der Waals surface area contributed by atoms with E-state index in [9.17, 15) is 24.7 Å². The summed E-state index contributed by atoms with van der Waals surface area (Å²) in [5.41, 5.74) is 2.19. The van der Waals surface area contributed by atoms with Crippen molar-refractivity contribution in [1.29, 1.82) is 0 Å². The van der Waals surface area contributed by atoms with Crippen LogP contribution in [-0.4, -0.2) is 76.6 Å². The van der Waals surface area contributed by atoms with Crippen LogP contribution in [0, 0.1) is 10.3 Å². The number of pyridine rings is 1. The zero-order valence-corrected chi connectivity index (χ0v) is 25.1. The molecule has 2 aliphatic heterocycles. The van der Waals surface area contributed by atoms with Crippen LogP contribution in [0.25, 0.3) is 10.8 Å². The van der Waals surface area contributed by atoms with E-state index in [-0.39, 0.29) is 34.6 Å². The number of anilines is 1. The maximum Gasteiger partial charge on any atom is 0.299 e. The Morgan fingerprint density at radius 2 is 1.88 bits per heavy atom. The number of nitrogens with one attached hydrogen (secondary N) is 1. The predicted molar refractivity (Wildman–Crippen MR) is 166 cm³/mol. The summed E-state index contributed by atoms with van der Waals surface area (Å²) < 4.78 is 1.02. The number of benzene rings is 3. The van der Waals surface area contributed by atoms with Crippen molar-refractivity contribution in [2.75, 3.05) is 44.9 Å². The second-order valence-electron chi connectivity index (χ2n) is 11.2. The molecule has 4 aromatic rings. The zero-order valence-electron chi connectivity index (χ0n) is 23.5. The summed E-state index contributed by atoms with van der Waals surface area (Å²) >= 11 is 3.41. The van der Waals surface area contributed by atoms with Gasteiger partial charge in [-0.05, 0) is 41.6 Å². The Bertz CT molecular complexity index is 1710. The molecule has 0 bridgehead atoms. The maximum atomic E-state index is 14.1. The van der Waals surface area contributed by atoms with E-state index < -0.39 is 6.73 Å². The number of aliphatic hydroxyl groups excluding tert-OH is 1. The number of aliphatic hydroxyl groups is 1. The minimum absolute atomic E-state index is 0.00169. The number of likely N-dealkylation sites (tertiary alicyclic amines) is 1. The Morgan fingerprint density at radius 1 is 1.09 bits per heavy atom. The van der Waals surface area contributed by atoms with Crippen LogP contribution < -0.4 is 10.2 Å². The van der Waals surface area contributed by atoms with E-state index in [1.165, 1.54) is 7.05 Å². The molecule has 10 nitrogen and oxygen atoms in total. The number of aromatic nitrogens is 1. The molecule has 43 heavy (non-hydrogen) atoms. The normalized spacial score (nSPS) is 19.7. The molecule has 1 spiro atoms. The van der Waals surface area contributed by atoms with Gasteiger partial charge in [-0.25, -0.2) is 0 Å². The molecule has 2 fully saturated rings. The van der Waals surface area contributed by atoms with Crippen molar-refractivity contribution in [2.24, 2.45) is 5.41 Å². The number of fused-ring (bicyclic) bond motifs is 1. The van der Waals surface area contributed by atoms with Gasteiger partial charge in [0.2, 0.25) is 0 Å². The molecule has 11 heteroatoms. The lowest BCUT2D eigenvalue weighted by molar-refractivity contribution is -0.504. The molecule has 0 aliphatic carbocycles. The fourth-order valence-corrected chi connectivity index (χ4v) is 7.21. The fraction of sp³-hybridized carbons (Fsp3) is 0.281. The summed E-state index contributed by atoms with van der Waals surface area (Å²) in [6, 6.07) is 18.3. The second kappa shape index (κ2) is 11.4. The van der Waals surface area contributed by atoms with Gasteiger partial charge in [-0.15, -0.1) is 0 Å². The quantitative estimate of drug-likeness (QED) is 0.208. The highest BCUT2D eigenvalue weighted by Gasteiger charge is 2.53. The van der Waals surface area contributed by atoms with Crippen molar-refractivity contribution in [1.82, 2.24) is 15.2 Å². The lowest BCUT2D eigenvalue weighted by Gasteiger charge is -2.31. The number of phenolic OH excluding ortho intramolecular Hbond substituents is 1. The molecule has 3 N–H and O–H groups in total. The minimum atomic E-state index is -0.763. The number of nitrogens with zero attached hydrogens (tertiary/aromatic N) is 4. The van der Waals surface area contributed by atoms with E-state index in [0.717, 1.165) is 17.4 Å². The SMILES string of the molecule is CNC(=O)c1cc(Br)cc([N+](=O)CO)c1N1CC[C@@]2(CN(C(=O)c3cncc4cc(O)ccc34)C[C@@H]2c2ccccc2)C1. The van der Waals surface area contributed by atoms with Crippen LogP contribution in [0.15, 0.2) is 77.5 Å². The van der Waals surface area contributed by atoms with Crippen LogP contribution >= 0.6 is 15.9 Å². The molecule has 0 unspecified atom stereocenters. The zero-order chi connectivity index (χ0) is 30.3. The van der Waals surface area contributed by atoms with Crippen molar-refractivity contribution < 1.29 is 24.6 Å². The largest absolute Gasteiger partial charge is 0.508 e. The molecule has 6 rings (SSSR count). The van der Waals surface area contributed by atoms with Crippen LogP contribution in [0.5, 0.6) is 5.75 Å². The number of hydrogen-bond acceptors (Lipinski definition) is 7. The summed E-state index contributed by atoms with van der Waals surface area (Å²) in [4.78, 5) is 48.1. The van der Waals surface area contributed by atoms with Crippen molar-refractivity contribution in [2.45, 2.75) is 12.3 Å². The van der Waals surface area contributed by atoms with Crippen LogP contribution in [0.2, 0.25) is 0 Å². The van der Waals surface area contributed by atoms with E-state index in [4.69, 9.17) is 0 Å². The average Bonchev–Trinajstić information content (AvgIpc) is 3.62. The molecular weight excluding hydrogens is 614 g/mol. The smallest absolute Gasteiger partial charge is 0.299 e. The number of phenols is 1. The van der Waals surface area contributed by atoms with Gasteiger partial charge < -0.3 is 25.3 Å². The van der Waals surface area contributed by atoms with Gasteiger partial charge in [-0.3, -0.25) is 14.6 Å². The van der Waals surface area contributed by atoms with Crippen molar-refractivity contribution in [3.8, 4) is 5.75 Å². The second-order valence-corrected chi connectivity index (χ2v) is 12.1. The van der Waals surface area contributed by atoms with E-state index in [2.05, 4.69) is 38.4 Å². The standard InChI is InChI=1S/C32H30BrN5O5/c1-34-30(41)25-12-22(33)13-28(38(43)19-39)29(25)36-10-9-32(17-36)18-37(16-27(32)20-5-3-2-4-6-20)31(42)26-15-35-14-21-11-23(40)7-8-24(21)26/h2-8,11-15,27,39H,9-10,16-19H2,1H3,(H-,34,40,41)/p+1/t27-,32+/m1/s1. The van der Waals surface area contributed by atoms with Gasteiger partial charge in [0, 0.05) is 77.8 Å². The minimum Gasteiger partial charge on any atom is -0.508 e. The highest BCUT2D eigenvalue weighted by Crippen LogP contribution is 2.52. The number of carbonyl (C=O) groups excluding carboxylic acids is 2. The predicted octanol–water partition coefficient (Wildman–Crippen LogP) is 4.56. The van der Waals surface area contributed by atoms with Gasteiger partial charge in [-0.1, -0.05) is 46.3 Å². The van der Waals surface area contributed by atoms with E-state index in [1.807, 2.05) is 28.0 Å². The Balaban J connectivity index is 1.41. The first-order valence-electron chi connectivity index (χ1n) is 14.0. The third-order valence-electron chi connectivity index (χ3n) is 8.74. The number of amides is 2. The molecule has 3 heterocycles. The summed E-state index contributed by atoms with van der Waals surface area (Å²) in [7, 11) is 1.54. The lowest BCUT2D eigenvalue weighted by Crippen LogP contribution is -2.36. The third kappa shape index (κ3) is 5.12. The van der Waals surface area contributed by atoms with Crippen LogP contribution in [0.4, 0.5) is 11.4 Å². The molecule has 2 amide bonds. The van der Waals surface area contributed by atoms with Gasteiger partial charge >= 0.3 is 0 Å². The van der Waals surface area contributed by atoms with E-state index in [0.29, 0.717) is 57.6 Å². The van der Waals surface area contributed by atoms with Gasteiger partial charge in [0.15, 0.2) is 0 Å². The first-order valence-corrected chi connectivity index (χ1v) is 14.8. The third-order valence-corrected chi connectivity index (χ3v) is 9.19. The molecule has 3 aromatic carbocycles. The molecular formula is C32H31BrN5O5+. The number of hydrogen-bond donors (Lipinski definition) is 3. The summed E-state index contributed by atoms with van der Waals surface area (Å²) in [6.07, 6.45) is 3.93. The van der Waals surface area contributed by atoms with Crippen LogP contribution in [0.3, 0.4) is 0 Å². The van der Waals surface area contributed by atoms with Gasteiger partial charge in [0.1, 0.15) is 11.4 Å². The van der Waals surface area contributed by atoms with E-state index >= 15 is 0 Å². The average molecular weight is 646 g/mol. The summed E-state index contributed by atoms with van der Waals surface area (Å²) in [5.74, 6) is -0.378. The Kier molecular flexibility index (Phi) is 7.61. The summed E-state index contributed by atoms with van der Waals surface area (Å²) in [5, 5.41) is 23.8. The number of carbonyl (C=O) groups is 2. The highest BCUT2D eigenvalue weighted by molar-refractivity contribution is 9.10. The molecule has 0 saturated carbocycles. The van der Waals surface area contributed by atoms with Gasteiger partial charge in [0.05, 0.1) is 15.9 Å².